The van der Waals surface area contributed by atoms with E-state index in [9.17, 15) is 4.79 Å². The summed E-state index contributed by atoms with van der Waals surface area (Å²) in [5.41, 5.74) is 1.99. The van der Waals surface area contributed by atoms with Crippen LogP contribution in [-0.4, -0.2) is 27.2 Å². The van der Waals surface area contributed by atoms with Crippen molar-refractivity contribution in [3.8, 4) is 5.75 Å². The van der Waals surface area contributed by atoms with E-state index in [0.29, 0.717) is 16.7 Å². The van der Waals surface area contributed by atoms with Crippen molar-refractivity contribution in [2.45, 2.75) is 37.9 Å². The lowest BCUT2D eigenvalue weighted by molar-refractivity contribution is 0.262. The molecule has 3 rings (SSSR count). The predicted octanol–water partition coefficient (Wildman–Crippen LogP) is 5.11. The van der Waals surface area contributed by atoms with E-state index in [-0.39, 0.29) is 18.0 Å². The number of urea groups is 1. The van der Waals surface area contributed by atoms with Crippen LogP contribution in [0.2, 0.25) is 0 Å². The SMILES string of the molecule is CSc1nc(COc2ccc(C(C)(C)C)cc2)nc(NC(=O)Nc2ccccc2)n1. The predicted molar refractivity (Wildman–Crippen MR) is 120 cm³/mol. The van der Waals surface area contributed by atoms with Crippen LogP contribution in [0.5, 0.6) is 5.75 Å². The van der Waals surface area contributed by atoms with Gasteiger partial charge in [-0.2, -0.15) is 9.97 Å². The fourth-order valence-corrected chi connectivity index (χ4v) is 2.97. The maximum Gasteiger partial charge on any atom is 0.326 e. The Morgan fingerprint density at radius 1 is 0.967 bits per heavy atom. The van der Waals surface area contributed by atoms with E-state index in [4.69, 9.17) is 4.74 Å². The summed E-state index contributed by atoms with van der Waals surface area (Å²) in [5.74, 6) is 1.33. The van der Waals surface area contributed by atoms with Gasteiger partial charge in [-0.1, -0.05) is 62.9 Å². The summed E-state index contributed by atoms with van der Waals surface area (Å²) in [4.78, 5) is 25.1. The van der Waals surface area contributed by atoms with Gasteiger partial charge in [0.25, 0.3) is 0 Å². The van der Waals surface area contributed by atoms with E-state index in [1.165, 1.54) is 17.3 Å². The second-order valence-electron chi connectivity index (χ2n) is 7.57. The number of anilines is 2. The lowest BCUT2D eigenvalue weighted by atomic mass is 9.87. The number of thioether (sulfide) groups is 1. The first-order chi connectivity index (χ1) is 14.3. The standard InChI is InChI=1S/C22H25N5O2S/c1-22(2,3)15-10-12-17(13-11-15)29-14-18-24-19(27-21(25-18)30-4)26-20(28)23-16-8-6-5-7-9-16/h5-13H,14H2,1-4H3,(H2,23,24,25,26,27,28). The lowest BCUT2D eigenvalue weighted by Crippen LogP contribution is -2.22. The summed E-state index contributed by atoms with van der Waals surface area (Å²) >= 11 is 1.37. The molecule has 0 bridgehead atoms. The summed E-state index contributed by atoms with van der Waals surface area (Å²) in [7, 11) is 0. The maximum atomic E-state index is 12.2. The summed E-state index contributed by atoms with van der Waals surface area (Å²) in [6, 6.07) is 16.7. The third kappa shape index (κ3) is 6.18. The minimum absolute atomic E-state index is 0.0842. The fraction of sp³-hybridized carbons (Fsp3) is 0.273. The molecule has 0 radical (unpaired) electrons. The number of carbonyl (C=O) groups excluding carboxylic acids is 1. The number of rotatable bonds is 6. The number of nitrogens with zero attached hydrogens (tertiary/aromatic N) is 3. The van der Waals surface area contributed by atoms with Crippen LogP contribution < -0.4 is 15.4 Å². The molecule has 1 heterocycles. The summed E-state index contributed by atoms with van der Waals surface area (Å²) in [5, 5.41) is 5.88. The normalized spacial score (nSPS) is 11.1. The van der Waals surface area contributed by atoms with Gasteiger partial charge in [0.2, 0.25) is 5.95 Å². The van der Waals surface area contributed by atoms with Crippen molar-refractivity contribution in [2.75, 3.05) is 16.9 Å². The molecule has 8 heteroatoms. The minimum atomic E-state index is -0.427. The number of carbonyl (C=O) groups is 1. The Hall–Kier alpha value is -3.13. The molecular formula is C22H25N5O2S. The summed E-state index contributed by atoms with van der Waals surface area (Å²) < 4.78 is 5.82. The number of hydrogen-bond donors (Lipinski definition) is 2. The van der Waals surface area contributed by atoms with Crippen LogP contribution in [-0.2, 0) is 12.0 Å². The first kappa shape index (κ1) is 21.6. The van der Waals surface area contributed by atoms with Gasteiger partial charge in [0.05, 0.1) is 0 Å². The Kier molecular flexibility index (Phi) is 6.89. The zero-order chi connectivity index (χ0) is 21.6. The van der Waals surface area contributed by atoms with Crippen LogP contribution >= 0.6 is 11.8 Å². The van der Waals surface area contributed by atoms with Crippen molar-refractivity contribution in [1.82, 2.24) is 15.0 Å². The number of amides is 2. The van der Waals surface area contributed by atoms with Gasteiger partial charge >= 0.3 is 6.03 Å². The van der Waals surface area contributed by atoms with E-state index >= 15 is 0 Å². The molecule has 0 aliphatic heterocycles. The van der Waals surface area contributed by atoms with E-state index in [0.717, 1.165) is 5.75 Å². The molecular weight excluding hydrogens is 398 g/mol. The lowest BCUT2D eigenvalue weighted by Gasteiger charge is -2.19. The highest BCUT2D eigenvalue weighted by Crippen LogP contribution is 2.24. The second-order valence-corrected chi connectivity index (χ2v) is 8.34. The van der Waals surface area contributed by atoms with Gasteiger partial charge in [-0.25, -0.2) is 9.78 Å². The molecule has 0 fully saturated rings. The number of aromatic nitrogens is 3. The molecule has 0 saturated heterocycles. The Balaban J connectivity index is 1.66. The first-order valence-electron chi connectivity index (χ1n) is 9.49. The molecule has 7 nitrogen and oxygen atoms in total. The monoisotopic (exact) mass is 423 g/mol. The van der Waals surface area contributed by atoms with Crippen LogP contribution in [0.3, 0.4) is 0 Å². The number of benzene rings is 2. The molecule has 30 heavy (non-hydrogen) atoms. The van der Waals surface area contributed by atoms with Gasteiger partial charge < -0.3 is 10.1 Å². The number of para-hydroxylation sites is 1. The molecule has 1 aromatic heterocycles. The van der Waals surface area contributed by atoms with Gasteiger partial charge in [0.15, 0.2) is 11.0 Å². The maximum absolute atomic E-state index is 12.2. The molecule has 0 unspecified atom stereocenters. The fourth-order valence-electron chi connectivity index (χ4n) is 2.59. The topological polar surface area (TPSA) is 89.0 Å². The van der Waals surface area contributed by atoms with Gasteiger partial charge in [-0.05, 0) is 41.5 Å². The van der Waals surface area contributed by atoms with Gasteiger partial charge in [-0.3, -0.25) is 5.32 Å². The van der Waals surface area contributed by atoms with Crippen LogP contribution in [0.15, 0.2) is 59.8 Å². The number of nitrogens with one attached hydrogen (secondary N) is 2. The van der Waals surface area contributed by atoms with Crippen LogP contribution in [0.4, 0.5) is 16.4 Å². The summed E-state index contributed by atoms with van der Waals surface area (Å²) in [6.45, 7) is 6.67. The van der Waals surface area contributed by atoms with Gasteiger partial charge in [0.1, 0.15) is 12.4 Å². The van der Waals surface area contributed by atoms with Gasteiger partial charge in [0, 0.05) is 5.69 Å². The molecule has 0 aliphatic rings. The Morgan fingerprint density at radius 2 is 1.67 bits per heavy atom. The van der Waals surface area contributed by atoms with E-state index < -0.39 is 6.03 Å². The molecule has 0 atom stereocenters. The molecule has 2 aromatic carbocycles. The third-order valence-corrected chi connectivity index (χ3v) is 4.74. The van der Waals surface area contributed by atoms with Crippen LogP contribution in [0.1, 0.15) is 32.2 Å². The number of hydrogen-bond acceptors (Lipinski definition) is 6. The van der Waals surface area contributed by atoms with E-state index in [2.05, 4.69) is 58.5 Å². The highest BCUT2D eigenvalue weighted by molar-refractivity contribution is 7.98. The highest BCUT2D eigenvalue weighted by atomic mass is 32.2. The molecule has 0 aliphatic carbocycles. The Labute approximate surface area is 180 Å². The molecule has 0 saturated carbocycles. The Bertz CT molecular complexity index is 989. The average Bonchev–Trinajstić information content (AvgIpc) is 2.72. The van der Waals surface area contributed by atoms with Crippen molar-refractivity contribution < 1.29 is 9.53 Å². The van der Waals surface area contributed by atoms with Crippen molar-refractivity contribution >= 4 is 29.4 Å². The smallest absolute Gasteiger partial charge is 0.326 e. The molecule has 0 spiro atoms. The second kappa shape index (κ2) is 9.58. The highest BCUT2D eigenvalue weighted by Gasteiger charge is 2.14. The minimum Gasteiger partial charge on any atom is -0.486 e. The average molecular weight is 424 g/mol. The molecule has 156 valence electrons. The zero-order valence-corrected chi connectivity index (χ0v) is 18.3. The Morgan fingerprint density at radius 3 is 2.30 bits per heavy atom. The third-order valence-electron chi connectivity index (χ3n) is 4.19. The number of ether oxygens (including phenoxy) is 1. The molecule has 2 N–H and O–H groups in total. The molecule has 2 amide bonds. The van der Waals surface area contributed by atoms with E-state index in [1.54, 1.807) is 12.1 Å². The quantitative estimate of drug-likeness (QED) is 0.535. The first-order valence-corrected chi connectivity index (χ1v) is 10.7. The van der Waals surface area contributed by atoms with Gasteiger partial charge in [-0.15, -0.1) is 0 Å². The van der Waals surface area contributed by atoms with Crippen molar-refractivity contribution in [3.05, 3.63) is 66.0 Å². The van der Waals surface area contributed by atoms with Crippen LogP contribution in [0, 0.1) is 0 Å². The molecule has 3 aromatic rings. The van der Waals surface area contributed by atoms with Crippen LogP contribution in [0.25, 0.3) is 0 Å². The zero-order valence-electron chi connectivity index (χ0n) is 17.5. The summed E-state index contributed by atoms with van der Waals surface area (Å²) in [6.07, 6.45) is 1.86. The van der Waals surface area contributed by atoms with Crippen molar-refractivity contribution in [2.24, 2.45) is 0 Å². The largest absolute Gasteiger partial charge is 0.486 e. The van der Waals surface area contributed by atoms with E-state index in [1.807, 2.05) is 36.6 Å². The van der Waals surface area contributed by atoms with Crippen molar-refractivity contribution in [3.63, 3.8) is 0 Å². The van der Waals surface area contributed by atoms with Crippen molar-refractivity contribution in [1.29, 1.82) is 0 Å².